The van der Waals surface area contributed by atoms with Crippen molar-refractivity contribution in [3.63, 3.8) is 0 Å². The predicted octanol–water partition coefficient (Wildman–Crippen LogP) is 4.36. The number of hydrogen-bond donors (Lipinski definition) is 1. The molecule has 5 rings (SSSR count). The number of carbonyl (C=O) groups is 3. The Morgan fingerprint density at radius 1 is 0.972 bits per heavy atom. The first-order chi connectivity index (χ1) is 17.3. The standard InChI is InChI=1S/C28H31ClN4O3/c1-18-16-33(19(2)15-32(18)17-20-8-4-3-5-9-20)27(35)22-12-21-23(14-30-25(21)13-24(22)29)26(34)28(36)31-10-6-7-11-31/h3-5,8-9,12-14,18-19,30H,6-7,10-11,15-17H2,1-2H3/t18-,19+/m0/s1. The number of nitrogens with one attached hydrogen (secondary N) is 1. The fraction of sp³-hybridized carbons (Fsp3) is 0.393. The van der Waals surface area contributed by atoms with Crippen molar-refractivity contribution in [3.8, 4) is 0 Å². The number of piperazine rings is 1. The van der Waals surface area contributed by atoms with Crippen molar-refractivity contribution in [2.75, 3.05) is 26.2 Å². The normalized spacial score (nSPS) is 20.8. The molecule has 0 unspecified atom stereocenters. The summed E-state index contributed by atoms with van der Waals surface area (Å²) < 4.78 is 0. The molecule has 1 aromatic heterocycles. The van der Waals surface area contributed by atoms with Crippen LogP contribution in [0.3, 0.4) is 0 Å². The maximum Gasteiger partial charge on any atom is 0.295 e. The van der Waals surface area contributed by atoms with E-state index in [2.05, 4.69) is 28.9 Å². The molecule has 2 atom stereocenters. The van der Waals surface area contributed by atoms with Gasteiger partial charge in [-0.05, 0) is 44.4 Å². The molecule has 0 radical (unpaired) electrons. The van der Waals surface area contributed by atoms with Gasteiger partial charge in [-0.15, -0.1) is 0 Å². The minimum atomic E-state index is -0.555. The van der Waals surface area contributed by atoms with Gasteiger partial charge in [0.1, 0.15) is 0 Å². The molecule has 2 aromatic carbocycles. The van der Waals surface area contributed by atoms with Crippen LogP contribution >= 0.6 is 11.6 Å². The number of H-pyrrole nitrogens is 1. The summed E-state index contributed by atoms with van der Waals surface area (Å²) in [6, 6.07) is 13.8. The van der Waals surface area contributed by atoms with E-state index < -0.39 is 11.7 Å². The van der Waals surface area contributed by atoms with Crippen molar-refractivity contribution in [1.82, 2.24) is 19.7 Å². The van der Waals surface area contributed by atoms with E-state index in [1.165, 1.54) is 5.56 Å². The van der Waals surface area contributed by atoms with Crippen molar-refractivity contribution in [1.29, 1.82) is 0 Å². The van der Waals surface area contributed by atoms with E-state index in [4.69, 9.17) is 11.6 Å². The Kier molecular flexibility index (Phi) is 6.86. The van der Waals surface area contributed by atoms with Crippen molar-refractivity contribution < 1.29 is 14.4 Å². The Balaban J connectivity index is 1.37. The molecule has 2 fully saturated rings. The van der Waals surface area contributed by atoms with E-state index in [-0.39, 0.29) is 23.6 Å². The Labute approximate surface area is 216 Å². The molecule has 0 bridgehead atoms. The highest BCUT2D eigenvalue weighted by Gasteiger charge is 2.34. The van der Waals surface area contributed by atoms with E-state index in [1.54, 1.807) is 23.2 Å². The summed E-state index contributed by atoms with van der Waals surface area (Å²) in [4.78, 5) is 48.3. The maximum absolute atomic E-state index is 13.7. The zero-order valence-electron chi connectivity index (χ0n) is 20.7. The zero-order valence-corrected chi connectivity index (χ0v) is 21.4. The Hall–Kier alpha value is -3.16. The SMILES string of the molecule is C[C@@H]1CN(Cc2ccccc2)[C@@H](C)CN1C(=O)c1cc2c(C(=O)C(=O)N3CCCC3)c[nH]c2cc1Cl. The van der Waals surface area contributed by atoms with Crippen molar-refractivity contribution >= 4 is 40.1 Å². The van der Waals surface area contributed by atoms with Crippen molar-refractivity contribution in [2.45, 2.75) is 45.3 Å². The van der Waals surface area contributed by atoms with Crippen LogP contribution in [0.1, 0.15) is 53.0 Å². The summed E-state index contributed by atoms with van der Waals surface area (Å²) in [5.41, 5.74) is 2.50. The summed E-state index contributed by atoms with van der Waals surface area (Å²) in [7, 11) is 0. The summed E-state index contributed by atoms with van der Waals surface area (Å²) >= 11 is 6.55. The number of carbonyl (C=O) groups excluding carboxylic acids is 3. The third-order valence-electron chi connectivity index (χ3n) is 7.44. The van der Waals surface area contributed by atoms with Gasteiger partial charge in [-0.25, -0.2) is 0 Å². The predicted molar refractivity (Wildman–Crippen MR) is 140 cm³/mol. The second kappa shape index (κ2) is 10.1. The van der Waals surface area contributed by atoms with Gasteiger partial charge >= 0.3 is 0 Å². The monoisotopic (exact) mass is 506 g/mol. The minimum absolute atomic E-state index is 0.00625. The molecule has 2 saturated heterocycles. The lowest BCUT2D eigenvalue weighted by molar-refractivity contribution is -0.125. The molecule has 2 amide bonds. The van der Waals surface area contributed by atoms with Crippen LogP contribution in [0.4, 0.5) is 0 Å². The van der Waals surface area contributed by atoms with Crippen LogP contribution in [0.2, 0.25) is 5.02 Å². The average molecular weight is 507 g/mol. The van der Waals surface area contributed by atoms with Gasteiger partial charge in [0.15, 0.2) is 0 Å². The lowest BCUT2D eigenvalue weighted by atomic mass is 10.0. The number of benzene rings is 2. The molecule has 0 spiro atoms. The fourth-order valence-corrected chi connectivity index (χ4v) is 5.59. The molecule has 0 saturated carbocycles. The van der Waals surface area contributed by atoms with E-state index in [9.17, 15) is 14.4 Å². The Morgan fingerprint density at radius 2 is 1.69 bits per heavy atom. The minimum Gasteiger partial charge on any atom is -0.360 e. The number of aromatic nitrogens is 1. The molecule has 8 heteroatoms. The van der Waals surface area contributed by atoms with E-state index >= 15 is 0 Å². The van der Waals surface area contributed by atoms with Crippen LogP contribution in [-0.4, -0.2) is 75.5 Å². The van der Waals surface area contributed by atoms with Gasteiger partial charge in [-0.1, -0.05) is 41.9 Å². The summed E-state index contributed by atoms with van der Waals surface area (Å²) in [6.07, 6.45) is 3.37. The highest BCUT2D eigenvalue weighted by Crippen LogP contribution is 2.30. The Morgan fingerprint density at radius 3 is 2.42 bits per heavy atom. The third-order valence-corrected chi connectivity index (χ3v) is 7.75. The Bertz CT molecular complexity index is 1300. The molecular weight excluding hydrogens is 476 g/mol. The number of hydrogen-bond acceptors (Lipinski definition) is 4. The number of rotatable bonds is 5. The first kappa shape index (κ1) is 24.5. The first-order valence-corrected chi connectivity index (χ1v) is 12.9. The van der Waals surface area contributed by atoms with Gasteiger partial charge in [-0.3, -0.25) is 19.3 Å². The van der Waals surface area contributed by atoms with Gasteiger partial charge < -0.3 is 14.8 Å². The second-order valence-corrected chi connectivity index (χ2v) is 10.4. The average Bonchev–Trinajstić information content (AvgIpc) is 3.55. The van der Waals surface area contributed by atoms with Gasteiger partial charge in [0, 0.05) is 61.9 Å². The number of amides is 2. The molecule has 2 aliphatic rings. The first-order valence-electron chi connectivity index (χ1n) is 12.6. The molecule has 7 nitrogen and oxygen atoms in total. The van der Waals surface area contributed by atoms with E-state index in [1.807, 2.05) is 30.0 Å². The van der Waals surface area contributed by atoms with Gasteiger partial charge in [0.25, 0.3) is 17.6 Å². The summed E-state index contributed by atoms with van der Waals surface area (Å²) in [6.45, 7) is 7.55. The smallest absolute Gasteiger partial charge is 0.295 e. The summed E-state index contributed by atoms with van der Waals surface area (Å²) in [5.74, 6) is -1.21. The number of nitrogens with zero attached hydrogens (tertiary/aromatic N) is 3. The topological polar surface area (TPSA) is 76.7 Å². The fourth-order valence-electron chi connectivity index (χ4n) is 5.35. The highest BCUT2D eigenvalue weighted by atomic mass is 35.5. The lowest BCUT2D eigenvalue weighted by Crippen LogP contribution is -2.57. The molecule has 1 N–H and O–H groups in total. The van der Waals surface area contributed by atoms with Crippen LogP contribution in [0.5, 0.6) is 0 Å². The largest absolute Gasteiger partial charge is 0.360 e. The molecular formula is C28H31ClN4O3. The molecule has 3 aromatic rings. The van der Waals surface area contributed by atoms with Crippen LogP contribution in [0, 0.1) is 0 Å². The van der Waals surface area contributed by atoms with Crippen molar-refractivity contribution in [3.05, 3.63) is 70.4 Å². The molecule has 36 heavy (non-hydrogen) atoms. The van der Waals surface area contributed by atoms with Crippen LogP contribution < -0.4 is 0 Å². The van der Waals surface area contributed by atoms with Crippen molar-refractivity contribution in [2.24, 2.45) is 0 Å². The number of halogens is 1. The summed E-state index contributed by atoms with van der Waals surface area (Å²) in [5, 5.41) is 0.870. The van der Waals surface area contributed by atoms with Crippen LogP contribution in [0.25, 0.3) is 10.9 Å². The van der Waals surface area contributed by atoms with Crippen LogP contribution in [0.15, 0.2) is 48.7 Å². The van der Waals surface area contributed by atoms with Gasteiger partial charge in [-0.2, -0.15) is 0 Å². The molecule has 0 aliphatic carbocycles. The van der Waals surface area contributed by atoms with E-state index in [0.29, 0.717) is 41.1 Å². The highest BCUT2D eigenvalue weighted by molar-refractivity contribution is 6.45. The maximum atomic E-state index is 13.7. The molecule has 188 valence electrons. The van der Waals surface area contributed by atoms with Crippen LogP contribution in [-0.2, 0) is 11.3 Å². The van der Waals surface area contributed by atoms with Gasteiger partial charge in [0.2, 0.25) is 0 Å². The third kappa shape index (κ3) is 4.65. The number of likely N-dealkylation sites (tertiary alicyclic amines) is 1. The second-order valence-electron chi connectivity index (χ2n) is 9.98. The lowest BCUT2D eigenvalue weighted by Gasteiger charge is -2.44. The van der Waals surface area contributed by atoms with Gasteiger partial charge in [0.05, 0.1) is 16.1 Å². The zero-order chi connectivity index (χ0) is 25.4. The number of ketones is 1. The molecule has 2 aliphatic heterocycles. The quantitative estimate of drug-likeness (QED) is 0.412. The molecule has 3 heterocycles. The number of aromatic amines is 1. The van der Waals surface area contributed by atoms with E-state index in [0.717, 1.165) is 25.9 Å². The number of fused-ring (bicyclic) bond motifs is 1. The number of Topliss-reactive ketones (excluding diaryl/α,β-unsaturated/α-hetero) is 1.